The molecule has 0 radical (unpaired) electrons. The third-order valence-corrected chi connectivity index (χ3v) is 4.12. The Balaban J connectivity index is 1.95. The first-order valence-electron chi connectivity index (χ1n) is 6.84. The number of hydrogen-bond donors (Lipinski definition) is 1. The quantitative estimate of drug-likeness (QED) is 0.815. The first kappa shape index (κ1) is 13.6. The fourth-order valence-electron chi connectivity index (χ4n) is 2.96. The number of carbonyl (C=O) groups excluding carboxylic acids is 3. The summed E-state index contributed by atoms with van der Waals surface area (Å²) in [7, 11) is 1.52. The van der Waals surface area contributed by atoms with Gasteiger partial charge in [-0.1, -0.05) is 6.07 Å². The van der Waals surface area contributed by atoms with Gasteiger partial charge >= 0.3 is 0 Å². The number of nitrogens with one attached hydrogen (secondary N) is 1. The summed E-state index contributed by atoms with van der Waals surface area (Å²) in [6.45, 7) is 2.31. The summed E-state index contributed by atoms with van der Waals surface area (Å²) in [6.07, 6.45) is 0.623. The average Bonchev–Trinajstić information content (AvgIpc) is 2.79. The van der Waals surface area contributed by atoms with Crippen molar-refractivity contribution < 1.29 is 19.1 Å². The van der Waals surface area contributed by atoms with Gasteiger partial charge in [0.1, 0.15) is 11.8 Å². The Bertz CT molecular complexity index is 653. The largest absolute Gasteiger partial charge is 0.496 e. The second-order valence-electron chi connectivity index (χ2n) is 5.34. The van der Waals surface area contributed by atoms with Gasteiger partial charge in [0.25, 0.3) is 5.91 Å². The summed E-state index contributed by atoms with van der Waals surface area (Å²) in [5.41, 5.74) is 2.42. The normalized spacial score (nSPS) is 21.3. The fourth-order valence-corrected chi connectivity index (χ4v) is 2.96. The lowest BCUT2D eigenvalue weighted by atomic mass is 10.0. The Labute approximate surface area is 122 Å². The topological polar surface area (TPSA) is 75.7 Å². The molecule has 0 aromatic heterocycles. The van der Waals surface area contributed by atoms with E-state index in [1.807, 2.05) is 13.0 Å². The SMILES string of the molecule is COc1ccc(C)c2c1C(=O)N(C1CCC(=O)NC1=O)C2. The van der Waals surface area contributed by atoms with E-state index in [0.717, 1.165) is 11.1 Å². The minimum atomic E-state index is -0.591. The molecule has 21 heavy (non-hydrogen) atoms. The van der Waals surface area contributed by atoms with Crippen LogP contribution >= 0.6 is 0 Å². The molecule has 3 rings (SSSR count). The van der Waals surface area contributed by atoms with Crippen molar-refractivity contribution in [1.29, 1.82) is 0 Å². The number of ether oxygens (including phenoxy) is 1. The number of piperidine rings is 1. The van der Waals surface area contributed by atoms with Crippen LogP contribution in [0.5, 0.6) is 5.75 Å². The molecule has 0 saturated carbocycles. The zero-order chi connectivity index (χ0) is 15.1. The van der Waals surface area contributed by atoms with E-state index >= 15 is 0 Å². The molecule has 1 unspecified atom stereocenters. The summed E-state index contributed by atoms with van der Waals surface area (Å²) < 4.78 is 5.26. The molecule has 0 spiro atoms. The van der Waals surface area contributed by atoms with Crippen LogP contribution < -0.4 is 10.1 Å². The Morgan fingerprint density at radius 3 is 2.71 bits per heavy atom. The smallest absolute Gasteiger partial charge is 0.258 e. The van der Waals surface area contributed by atoms with Crippen molar-refractivity contribution in [2.75, 3.05) is 7.11 Å². The van der Waals surface area contributed by atoms with Crippen LogP contribution in [0.4, 0.5) is 0 Å². The predicted octanol–water partition coefficient (Wildman–Crippen LogP) is 0.765. The van der Waals surface area contributed by atoms with E-state index in [1.165, 1.54) is 12.0 Å². The van der Waals surface area contributed by atoms with Crippen molar-refractivity contribution in [1.82, 2.24) is 10.2 Å². The number of aryl methyl sites for hydroxylation is 1. The van der Waals surface area contributed by atoms with Crippen LogP contribution in [0, 0.1) is 6.92 Å². The third-order valence-electron chi connectivity index (χ3n) is 4.12. The van der Waals surface area contributed by atoms with Crippen LogP contribution in [0.15, 0.2) is 12.1 Å². The van der Waals surface area contributed by atoms with E-state index < -0.39 is 11.9 Å². The molecule has 2 aliphatic heterocycles. The summed E-state index contributed by atoms with van der Waals surface area (Å²) in [5, 5.41) is 2.29. The Morgan fingerprint density at radius 2 is 2.05 bits per heavy atom. The maximum absolute atomic E-state index is 12.6. The predicted molar refractivity (Wildman–Crippen MR) is 73.8 cm³/mol. The zero-order valence-electron chi connectivity index (χ0n) is 11.9. The van der Waals surface area contributed by atoms with Crippen LogP contribution in [-0.2, 0) is 16.1 Å². The number of methoxy groups -OCH3 is 1. The van der Waals surface area contributed by atoms with Crippen LogP contribution in [0.2, 0.25) is 0 Å². The molecule has 6 nitrogen and oxygen atoms in total. The van der Waals surface area contributed by atoms with Crippen molar-refractivity contribution in [2.45, 2.75) is 32.4 Å². The molecule has 2 aliphatic rings. The Morgan fingerprint density at radius 1 is 1.29 bits per heavy atom. The van der Waals surface area contributed by atoms with Crippen LogP contribution in [0.1, 0.15) is 34.3 Å². The van der Waals surface area contributed by atoms with Gasteiger partial charge in [0, 0.05) is 13.0 Å². The molecule has 0 aliphatic carbocycles. The molecular formula is C15H16N2O4. The van der Waals surface area contributed by atoms with Gasteiger partial charge in [-0.25, -0.2) is 0 Å². The first-order valence-corrected chi connectivity index (χ1v) is 6.84. The molecule has 110 valence electrons. The third kappa shape index (κ3) is 2.07. The highest BCUT2D eigenvalue weighted by Crippen LogP contribution is 2.35. The minimum absolute atomic E-state index is 0.208. The number of benzene rings is 1. The number of imide groups is 1. The number of rotatable bonds is 2. The number of amides is 3. The van der Waals surface area contributed by atoms with Gasteiger partial charge in [0.15, 0.2) is 0 Å². The van der Waals surface area contributed by atoms with E-state index in [9.17, 15) is 14.4 Å². The second kappa shape index (κ2) is 4.87. The molecule has 6 heteroatoms. The van der Waals surface area contributed by atoms with E-state index in [-0.39, 0.29) is 18.2 Å². The molecule has 3 amide bonds. The van der Waals surface area contributed by atoms with E-state index in [0.29, 0.717) is 24.3 Å². The van der Waals surface area contributed by atoms with Gasteiger partial charge in [0.05, 0.1) is 12.7 Å². The minimum Gasteiger partial charge on any atom is -0.496 e. The van der Waals surface area contributed by atoms with Crippen molar-refractivity contribution >= 4 is 17.7 Å². The molecule has 1 atom stereocenters. The van der Waals surface area contributed by atoms with E-state index in [1.54, 1.807) is 6.07 Å². The fraction of sp³-hybridized carbons (Fsp3) is 0.400. The van der Waals surface area contributed by atoms with Crippen molar-refractivity contribution in [3.63, 3.8) is 0 Å². The highest BCUT2D eigenvalue weighted by atomic mass is 16.5. The highest BCUT2D eigenvalue weighted by Gasteiger charge is 2.40. The molecular weight excluding hydrogens is 272 g/mol. The number of fused-ring (bicyclic) bond motifs is 1. The maximum atomic E-state index is 12.6. The summed E-state index contributed by atoms with van der Waals surface area (Å²) in [5.74, 6) is -0.367. The molecule has 2 heterocycles. The molecule has 1 aromatic rings. The molecule has 1 fully saturated rings. The first-order chi connectivity index (χ1) is 10.0. The van der Waals surface area contributed by atoms with Crippen molar-refractivity contribution in [3.05, 3.63) is 28.8 Å². The highest BCUT2D eigenvalue weighted by molar-refractivity contribution is 6.06. The van der Waals surface area contributed by atoms with Crippen molar-refractivity contribution in [2.24, 2.45) is 0 Å². The maximum Gasteiger partial charge on any atom is 0.258 e. The summed E-state index contributed by atoms with van der Waals surface area (Å²) >= 11 is 0. The van der Waals surface area contributed by atoms with Gasteiger partial charge in [-0.2, -0.15) is 0 Å². The van der Waals surface area contributed by atoms with Gasteiger partial charge in [0.2, 0.25) is 11.8 Å². The van der Waals surface area contributed by atoms with Gasteiger partial charge in [-0.15, -0.1) is 0 Å². The van der Waals surface area contributed by atoms with Crippen LogP contribution in [-0.4, -0.2) is 35.8 Å². The van der Waals surface area contributed by atoms with Gasteiger partial charge in [-0.3, -0.25) is 19.7 Å². The van der Waals surface area contributed by atoms with E-state index in [2.05, 4.69) is 5.32 Å². The van der Waals surface area contributed by atoms with Gasteiger partial charge < -0.3 is 9.64 Å². The molecule has 1 N–H and O–H groups in total. The zero-order valence-corrected chi connectivity index (χ0v) is 11.9. The lowest BCUT2D eigenvalue weighted by molar-refractivity contribution is -0.136. The average molecular weight is 288 g/mol. The Kier molecular flexibility index (Phi) is 3.16. The van der Waals surface area contributed by atoms with E-state index in [4.69, 9.17) is 4.74 Å². The molecule has 1 saturated heterocycles. The summed E-state index contributed by atoms with van der Waals surface area (Å²) in [6, 6.07) is 3.07. The lowest BCUT2D eigenvalue weighted by Gasteiger charge is -2.29. The standard InChI is InChI=1S/C15H16N2O4/c1-8-3-5-11(21-2)13-9(8)7-17(15(13)20)10-4-6-12(18)16-14(10)19/h3,5,10H,4,6-7H2,1-2H3,(H,16,18,19). The van der Waals surface area contributed by atoms with Gasteiger partial charge in [-0.05, 0) is 30.5 Å². The second-order valence-corrected chi connectivity index (χ2v) is 5.34. The number of carbonyl (C=O) groups is 3. The number of hydrogen-bond acceptors (Lipinski definition) is 4. The molecule has 1 aromatic carbocycles. The van der Waals surface area contributed by atoms with Crippen molar-refractivity contribution in [3.8, 4) is 5.75 Å². The number of nitrogens with zero attached hydrogens (tertiary/aromatic N) is 1. The van der Waals surface area contributed by atoms with Crippen LogP contribution in [0.25, 0.3) is 0 Å². The summed E-state index contributed by atoms with van der Waals surface area (Å²) in [4.78, 5) is 37.4. The van der Waals surface area contributed by atoms with Crippen LogP contribution in [0.3, 0.4) is 0 Å². The monoisotopic (exact) mass is 288 g/mol. The Hall–Kier alpha value is -2.37. The molecule has 0 bridgehead atoms. The lowest BCUT2D eigenvalue weighted by Crippen LogP contribution is -2.52.